The molecule has 0 bridgehead atoms. The molecule has 0 unspecified atom stereocenters. The van der Waals surface area contributed by atoms with Crippen molar-refractivity contribution in [3.63, 3.8) is 0 Å². The maximum absolute atomic E-state index is 11.9. The summed E-state index contributed by atoms with van der Waals surface area (Å²) in [4.78, 5) is 22.0. The van der Waals surface area contributed by atoms with E-state index in [1.807, 2.05) is 24.3 Å². The van der Waals surface area contributed by atoms with Gasteiger partial charge in [0.05, 0.1) is 10.6 Å². The highest BCUT2D eigenvalue weighted by Crippen LogP contribution is 2.25. The molecular weight excluding hydrogens is 298 g/mol. The van der Waals surface area contributed by atoms with Gasteiger partial charge in [-0.05, 0) is 35.7 Å². The summed E-state index contributed by atoms with van der Waals surface area (Å²) in [5.74, 6) is 0. The molecule has 0 atom stereocenters. The summed E-state index contributed by atoms with van der Waals surface area (Å²) in [6, 6.07) is 13.8. The van der Waals surface area contributed by atoms with Crippen LogP contribution in [-0.2, 0) is 17.8 Å². The predicted octanol–water partition coefficient (Wildman–Crippen LogP) is 2.80. The maximum atomic E-state index is 11.9. The van der Waals surface area contributed by atoms with Crippen molar-refractivity contribution in [3.8, 4) is 0 Å². The first kappa shape index (κ1) is 14.8. The molecule has 1 heterocycles. The number of carbonyl (C=O) groups is 1. The third-order valence-electron chi connectivity index (χ3n) is 3.63. The fraction of sp³-hybridized carbons (Fsp3) is 0.188. The molecule has 1 aliphatic heterocycles. The van der Waals surface area contributed by atoms with Crippen molar-refractivity contribution >= 4 is 17.5 Å². The molecular formula is C16H15N3O4. The van der Waals surface area contributed by atoms with Crippen LogP contribution in [0, 0.1) is 10.1 Å². The second kappa shape index (κ2) is 6.35. The number of hydrazine groups is 1. The molecule has 0 spiro atoms. The van der Waals surface area contributed by atoms with Crippen molar-refractivity contribution in [2.45, 2.75) is 13.0 Å². The zero-order chi connectivity index (χ0) is 16.2. The Labute approximate surface area is 132 Å². The van der Waals surface area contributed by atoms with Crippen LogP contribution in [0.1, 0.15) is 11.1 Å². The number of carbonyl (C=O) groups excluding carboxylic acids is 1. The number of anilines is 1. The van der Waals surface area contributed by atoms with Crippen molar-refractivity contribution in [2.75, 3.05) is 11.6 Å². The standard InChI is InChI=1S/C16H15N3O4/c20-16(17-18-10-9-13-3-1-2-4-15(13)18)23-11-12-5-7-14(8-6-12)19(21)22/h1-8H,9-11H2,(H,17,20). The lowest BCUT2D eigenvalue weighted by Crippen LogP contribution is -2.41. The number of nitro groups is 1. The monoisotopic (exact) mass is 313 g/mol. The number of benzene rings is 2. The first-order chi connectivity index (χ1) is 11.1. The normalized spacial score (nSPS) is 12.6. The average Bonchev–Trinajstić information content (AvgIpc) is 2.96. The highest BCUT2D eigenvalue weighted by molar-refractivity contribution is 5.71. The number of para-hydroxylation sites is 1. The van der Waals surface area contributed by atoms with E-state index in [0.717, 1.165) is 12.1 Å². The summed E-state index contributed by atoms with van der Waals surface area (Å²) in [5.41, 5.74) is 5.55. The summed E-state index contributed by atoms with van der Waals surface area (Å²) in [6.07, 6.45) is 0.318. The van der Waals surface area contributed by atoms with Crippen LogP contribution in [0.4, 0.5) is 16.2 Å². The van der Waals surface area contributed by atoms with Crippen molar-refractivity contribution < 1.29 is 14.5 Å². The van der Waals surface area contributed by atoms with E-state index in [1.54, 1.807) is 17.1 Å². The minimum atomic E-state index is -0.556. The van der Waals surface area contributed by atoms with Crippen LogP contribution in [0.5, 0.6) is 0 Å². The molecule has 0 aliphatic carbocycles. The minimum absolute atomic E-state index is 0.00637. The van der Waals surface area contributed by atoms with Gasteiger partial charge in [0.2, 0.25) is 0 Å². The molecule has 1 amide bonds. The van der Waals surface area contributed by atoms with E-state index in [9.17, 15) is 14.9 Å². The van der Waals surface area contributed by atoms with Crippen LogP contribution < -0.4 is 10.4 Å². The molecule has 118 valence electrons. The number of nitrogens with one attached hydrogen (secondary N) is 1. The quantitative estimate of drug-likeness (QED) is 0.693. The number of fused-ring (bicyclic) bond motifs is 1. The Bertz CT molecular complexity index is 730. The summed E-state index contributed by atoms with van der Waals surface area (Å²) < 4.78 is 5.14. The Morgan fingerprint density at radius 1 is 1.22 bits per heavy atom. The second-order valence-corrected chi connectivity index (χ2v) is 5.14. The summed E-state index contributed by atoms with van der Waals surface area (Å²) in [6.45, 7) is 0.755. The van der Waals surface area contributed by atoms with Crippen LogP contribution in [0.2, 0.25) is 0 Å². The number of ether oxygens (including phenoxy) is 1. The lowest BCUT2D eigenvalue weighted by Gasteiger charge is -2.19. The fourth-order valence-corrected chi connectivity index (χ4v) is 2.46. The largest absolute Gasteiger partial charge is 0.443 e. The zero-order valence-electron chi connectivity index (χ0n) is 12.3. The van der Waals surface area contributed by atoms with E-state index in [4.69, 9.17) is 4.74 Å². The van der Waals surface area contributed by atoms with Crippen molar-refractivity contribution in [2.24, 2.45) is 0 Å². The number of rotatable bonds is 4. The molecule has 1 aliphatic rings. The number of amides is 1. The molecule has 7 heteroatoms. The van der Waals surface area contributed by atoms with Crippen LogP contribution in [0.3, 0.4) is 0 Å². The fourth-order valence-electron chi connectivity index (χ4n) is 2.46. The molecule has 0 saturated carbocycles. The smallest absolute Gasteiger partial charge is 0.426 e. The molecule has 2 aromatic rings. The highest BCUT2D eigenvalue weighted by atomic mass is 16.6. The number of non-ortho nitro benzene ring substituents is 1. The number of hydrogen-bond acceptors (Lipinski definition) is 5. The first-order valence-corrected chi connectivity index (χ1v) is 7.15. The molecule has 1 N–H and O–H groups in total. The highest BCUT2D eigenvalue weighted by Gasteiger charge is 2.20. The molecule has 0 aromatic heterocycles. The Hall–Kier alpha value is -3.09. The number of hydrogen-bond donors (Lipinski definition) is 1. The van der Waals surface area contributed by atoms with Gasteiger partial charge in [-0.15, -0.1) is 0 Å². The third kappa shape index (κ3) is 3.39. The second-order valence-electron chi connectivity index (χ2n) is 5.14. The molecule has 2 aromatic carbocycles. The number of nitro benzene ring substituents is 1. The van der Waals surface area contributed by atoms with Crippen molar-refractivity contribution in [1.82, 2.24) is 5.43 Å². The zero-order valence-corrected chi connectivity index (χ0v) is 12.3. The van der Waals surface area contributed by atoms with Gasteiger partial charge in [-0.25, -0.2) is 10.2 Å². The van der Waals surface area contributed by atoms with E-state index >= 15 is 0 Å². The summed E-state index contributed by atoms with van der Waals surface area (Å²) >= 11 is 0. The topological polar surface area (TPSA) is 84.7 Å². The predicted molar refractivity (Wildman–Crippen MR) is 83.9 cm³/mol. The van der Waals surface area contributed by atoms with Crippen LogP contribution in [0.25, 0.3) is 0 Å². The maximum Gasteiger partial charge on any atom is 0.426 e. The molecule has 0 radical (unpaired) electrons. The van der Waals surface area contributed by atoms with Gasteiger partial charge in [0.15, 0.2) is 0 Å². The summed E-state index contributed by atoms with van der Waals surface area (Å²) in [7, 11) is 0. The van der Waals surface area contributed by atoms with E-state index in [-0.39, 0.29) is 12.3 Å². The van der Waals surface area contributed by atoms with Crippen molar-refractivity contribution in [3.05, 3.63) is 69.8 Å². The Morgan fingerprint density at radius 2 is 1.96 bits per heavy atom. The SMILES string of the molecule is O=C(NN1CCc2ccccc21)OCc1ccc([N+](=O)[O-])cc1. The van der Waals surface area contributed by atoms with Crippen molar-refractivity contribution in [1.29, 1.82) is 0 Å². The van der Waals surface area contributed by atoms with E-state index in [0.29, 0.717) is 12.1 Å². The van der Waals surface area contributed by atoms with Crippen LogP contribution >= 0.6 is 0 Å². The van der Waals surface area contributed by atoms with E-state index in [2.05, 4.69) is 5.43 Å². The van der Waals surface area contributed by atoms with Gasteiger partial charge < -0.3 is 4.74 Å². The van der Waals surface area contributed by atoms with E-state index < -0.39 is 11.0 Å². The Kier molecular flexibility index (Phi) is 4.09. The van der Waals surface area contributed by atoms with Gasteiger partial charge in [-0.2, -0.15) is 0 Å². The summed E-state index contributed by atoms with van der Waals surface area (Å²) in [5, 5.41) is 12.3. The third-order valence-corrected chi connectivity index (χ3v) is 3.63. The van der Waals surface area contributed by atoms with Gasteiger partial charge in [0, 0.05) is 18.7 Å². The van der Waals surface area contributed by atoms with Gasteiger partial charge in [-0.1, -0.05) is 18.2 Å². The Morgan fingerprint density at radius 3 is 2.70 bits per heavy atom. The van der Waals surface area contributed by atoms with Crippen LogP contribution in [0.15, 0.2) is 48.5 Å². The lowest BCUT2D eigenvalue weighted by molar-refractivity contribution is -0.384. The minimum Gasteiger partial charge on any atom is -0.443 e. The molecule has 0 saturated heterocycles. The Balaban J connectivity index is 1.53. The number of nitrogens with zero attached hydrogens (tertiary/aromatic N) is 2. The lowest BCUT2D eigenvalue weighted by atomic mass is 10.2. The molecule has 3 rings (SSSR count). The van der Waals surface area contributed by atoms with Gasteiger partial charge >= 0.3 is 6.09 Å². The molecule has 7 nitrogen and oxygen atoms in total. The van der Waals surface area contributed by atoms with Gasteiger partial charge in [0.25, 0.3) is 5.69 Å². The van der Waals surface area contributed by atoms with Gasteiger partial charge in [0.1, 0.15) is 6.61 Å². The first-order valence-electron chi connectivity index (χ1n) is 7.15. The van der Waals surface area contributed by atoms with Gasteiger partial charge in [-0.3, -0.25) is 15.1 Å². The van der Waals surface area contributed by atoms with E-state index in [1.165, 1.54) is 17.7 Å². The van der Waals surface area contributed by atoms with Crippen LogP contribution in [-0.4, -0.2) is 17.6 Å². The molecule has 0 fully saturated rings. The average molecular weight is 313 g/mol. The molecule has 23 heavy (non-hydrogen) atoms.